The summed E-state index contributed by atoms with van der Waals surface area (Å²) in [5, 5.41) is 12.7. The summed E-state index contributed by atoms with van der Waals surface area (Å²) in [7, 11) is 1.71. The van der Waals surface area contributed by atoms with E-state index in [1.807, 2.05) is 4.90 Å². The fourth-order valence-electron chi connectivity index (χ4n) is 3.11. The second kappa shape index (κ2) is 4.35. The highest BCUT2D eigenvalue weighted by atomic mass is 19.1. The van der Waals surface area contributed by atoms with Crippen molar-refractivity contribution in [3.8, 4) is 0 Å². The molecule has 0 aromatic carbocycles. The van der Waals surface area contributed by atoms with Crippen LogP contribution in [0.1, 0.15) is 12.8 Å². The van der Waals surface area contributed by atoms with Crippen LogP contribution in [-0.2, 0) is 0 Å². The number of aromatic nitrogens is 2. The number of rotatable bonds is 2. The summed E-state index contributed by atoms with van der Waals surface area (Å²) in [6.45, 7) is 1.46. The molecule has 98 valence electrons. The molecule has 1 aliphatic carbocycles. The molecule has 3 rings (SSSR count). The Balaban J connectivity index is 1.84. The SMILES string of the molecule is CNc1ncc(F)c(N2CC3CCC(O)C3C2)n1. The zero-order chi connectivity index (χ0) is 12.7. The standard InChI is InChI=1S/C12H17FN4O/c1-14-12-15-4-9(13)11(16-12)17-5-7-2-3-10(18)8(7)6-17/h4,7-8,10,18H,2-3,5-6H2,1H3,(H,14,15,16). The molecule has 0 spiro atoms. The summed E-state index contributed by atoms with van der Waals surface area (Å²) < 4.78 is 13.8. The van der Waals surface area contributed by atoms with Crippen molar-refractivity contribution in [3.05, 3.63) is 12.0 Å². The lowest BCUT2D eigenvalue weighted by Gasteiger charge is -2.20. The number of hydrogen-bond donors (Lipinski definition) is 2. The van der Waals surface area contributed by atoms with Crippen molar-refractivity contribution in [2.24, 2.45) is 11.8 Å². The molecular weight excluding hydrogens is 235 g/mol. The maximum Gasteiger partial charge on any atom is 0.224 e. The van der Waals surface area contributed by atoms with E-state index in [1.165, 1.54) is 6.20 Å². The Labute approximate surface area is 105 Å². The fourth-order valence-corrected chi connectivity index (χ4v) is 3.11. The molecule has 2 fully saturated rings. The predicted octanol–water partition coefficient (Wildman–Crippen LogP) is 0.864. The van der Waals surface area contributed by atoms with Crippen molar-refractivity contribution in [1.29, 1.82) is 0 Å². The maximum absolute atomic E-state index is 13.8. The van der Waals surface area contributed by atoms with E-state index < -0.39 is 5.82 Å². The summed E-state index contributed by atoms with van der Waals surface area (Å²) >= 11 is 0. The van der Waals surface area contributed by atoms with E-state index in [0.717, 1.165) is 19.4 Å². The quantitative estimate of drug-likeness (QED) is 0.817. The fraction of sp³-hybridized carbons (Fsp3) is 0.667. The van der Waals surface area contributed by atoms with E-state index in [4.69, 9.17) is 0 Å². The molecule has 2 aliphatic rings. The van der Waals surface area contributed by atoms with Crippen LogP contribution in [0.3, 0.4) is 0 Å². The van der Waals surface area contributed by atoms with E-state index >= 15 is 0 Å². The lowest BCUT2D eigenvalue weighted by atomic mass is 10.00. The number of fused-ring (bicyclic) bond motifs is 1. The molecule has 6 heteroatoms. The van der Waals surface area contributed by atoms with Crippen molar-refractivity contribution in [1.82, 2.24) is 9.97 Å². The molecule has 2 N–H and O–H groups in total. The predicted molar refractivity (Wildman–Crippen MR) is 66.0 cm³/mol. The summed E-state index contributed by atoms with van der Waals surface area (Å²) in [6.07, 6.45) is 2.85. The summed E-state index contributed by atoms with van der Waals surface area (Å²) in [5.74, 6) is 1.09. The molecular formula is C12H17FN4O. The molecule has 5 nitrogen and oxygen atoms in total. The third-order valence-electron chi connectivity index (χ3n) is 4.07. The average molecular weight is 252 g/mol. The van der Waals surface area contributed by atoms with Gasteiger partial charge in [-0.1, -0.05) is 0 Å². The first-order chi connectivity index (χ1) is 8.69. The molecule has 1 saturated heterocycles. The molecule has 0 radical (unpaired) electrons. The molecule has 1 aromatic rings. The number of nitrogens with one attached hydrogen (secondary N) is 1. The van der Waals surface area contributed by atoms with Gasteiger partial charge in [0.1, 0.15) is 0 Å². The topological polar surface area (TPSA) is 61.3 Å². The zero-order valence-corrected chi connectivity index (χ0v) is 10.3. The van der Waals surface area contributed by atoms with Gasteiger partial charge in [0.15, 0.2) is 11.6 Å². The van der Waals surface area contributed by atoms with Gasteiger partial charge < -0.3 is 15.3 Å². The minimum atomic E-state index is -0.400. The van der Waals surface area contributed by atoms with Crippen LogP contribution >= 0.6 is 0 Å². The van der Waals surface area contributed by atoms with Crippen LogP contribution in [0, 0.1) is 17.7 Å². The van der Waals surface area contributed by atoms with Crippen molar-refractivity contribution in [3.63, 3.8) is 0 Å². The first-order valence-corrected chi connectivity index (χ1v) is 6.32. The highest BCUT2D eigenvalue weighted by Crippen LogP contribution is 2.39. The number of hydrogen-bond acceptors (Lipinski definition) is 5. The number of nitrogens with zero attached hydrogens (tertiary/aromatic N) is 3. The Kier molecular flexibility index (Phi) is 2.81. The van der Waals surface area contributed by atoms with Crippen LogP contribution in [-0.4, -0.2) is 41.3 Å². The Morgan fingerprint density at radius 2 is 2.28 bits per heavy atom. The van der Waals surface area contributed by atoms with Gasteiger partial charge in [0.05, 0.1) is 12.3 Å². The van der Waals surface area contributed by atoms with Gasteiger partial charge >= 0.3 is 0 Å². The van der Waals surface area contributed by atoms with Crippen molar-refractivity contribution < 1.29 is 9.50 Å². The van der Waals surface area contributed by atoms with Crippen molar-refractivity contribution in [2.75, 3.05) is 30.4 Å². The van der Waals surface area contributed by atoms with Crippen LogP contribution in [0.15, 0.2) is 6.20 Å². The third-order valence-corrected chi connectivity index (χ3v) is 4.07. The van der Waals surface area contributed by atoms with Crippen LogP contribution in [0.4, 0.5) is 16.2 Å². The Morgan fingerprint density at radius 1 is 1.44 bits per heavy atom. The molecule has 0 amide bonds. The van der Waals surface area contributed by atoms with Crippen molar-refractivity contribution >= 4 is 11.8 Å². The molecule has 1 saturated carbocycles. The summed E-state index contributed by atoms with van der Waals surface area (Å²) in [4.78, 5) is 9.94. The van der Waals surface area contributed by atoms with E-state index in [9.17, 15) is 9.50 Å². The van der Waals surface area contributed by atoms with Crippen LogP contribution in [0.5, 0.6) is 0 Å². The minimum absolute atomic E-state index is 0.242. The number of aliphatic hydroxyl groups is 1. The van der Waals surface area contributed by atoms with Gasteiger partial charge in [-0.15, -0.1) is 0 Å². The average Bonchev–Trinajstić information content (AvgIpc) is 2.93. The molecule has 0 bridgehead atoms. The van der Waals surface area contributed by atoms with Gasteiger partial charge in [0.25, 0.3) is 0 Å². The van der Waals surface area contributed by atoms with Gasteiger partial charge in [0.2, 0.25) is 5.95 Å². The maximum atomic E-state index is 13.8. The van der Waals surface area contributed by atoms with E-state index in [1.54, 1.807) is 7.05 Å². The second-order valence-corrected chi connectivity index (χ2v) is 5.09. The van der Waals surface area contributed by atoms with Crippen LogP contribution < -0.4 is 10.2 Å². The van der Waals surface area contributed by atoms with Crippen LogP contribution in [0.2, 0.25) is 0 Å². The number of halogens is 1. The smallest absolute Gasteiger partial charge is 0.224 e. The largest absolute Gasteiger partial charge is 0.393 e. The first-order valence-electron chi connectivity index (χ1n) is 6.32. The normalized spacial score (nSPS) is 30.6. The first kappa shape index (κ1) is 11.6. The van der Waals surface area contributed by atoms with Gasteiger partial charge in [-0.25, -0.2) is 9.37 Å². The monoisotopic (exact) mass is 252 g/mol. The molecule has 1 aliphatic heterocycles. The van der Waals surface area contributed by atoms with E-state index in [2.05, 4.69) is 15.3 Å². The lowest BCUT2D eigenvalue weighted by molar-refractivity contribution is 0.133. The second-order valence-electron chi connectivity index (χ2n) is 5.09. The molecule has 3 atom stereocenters. The van der Waals surface area contributed by atoms with Crippen LogP contribution in [0.25, 0.3) is 0 Å². The van der Waals surface area contributed by atoms with Gasteiger partial charge in [-0.2, -0.15) is 4.98 Å². The Morgan fingerprint density at radius 3 is 3.00 bits per heavy atom. The van der Waals surface area contributed by atoms with Gasteiger partial charge in [-0.05, 0) is 18.8 Å². The van der Waals surface area contributed by atoms with Gasteiger partial charge in [-0.3, -0.25) is 0 Å². The Hall–Kier alpha value is -1.43. The van der Waals surface area contributed by atoms with E-state index in [-0.39, 0.29) is 12.0 Å². The molecule has 3 unspecified atom stereocenters. The summed E-state index contributed by atoms with van der Waals surface area (Å²) in [5.41, 5.74) is 0. The molecule has 18 heavy (non-hydrogen) atoms. The lowest BCUT2D eigenvalue weighted by Crippen LogP contribution is -2.26. The van der Waals surface area contributed by atoms with Crippen molar-refractivity contribution in [2.45, 2.75) is 18.9 Å². The van der Waals surface area contributed by atoms with Gasteiger partial charge in [0, 0.05) is 26.1 Å². The third kappa shape index (κ3) is 1.80. The molecule has 2 heterocycles. The number of anilines is 2. The Bertz CT molecular complexity index is 456. The highest BCUT2D eigenvalue weighted by molar-refractivity contribution is 5.45. The molecule has 1 aromatic heterocycles. The number of aliphatic hydroxyl groups excluding tert-OH is 1. The highest BCUT2D eigenvalue weighted by Gasteiger charge is 2.42. The minimum Gasteiger partial charge on any atom is -0.393 e. The summed E-state index contributed by atoms with van der Waals surface area (Å²) in [6, 6.07) is 0. The zero-order valence-electron chi connectivity index (χ0n) is 10.3. The van der Waals surface area contributed by atoms with E-state index in [0.29, 0.717) is 24.2 Å².